The van der Waals surface area contributed by atoms with E-state index in [4.69, 9.17) is 0 Å². The topological polar surface area (TPSA) is 92.3 Å². The Balaban J connectivity index is 1.78. The van der Waals surface area contributed by atoms with Crippen LogP contribution in [0.3, 0.4) is 0 Å². The highest BCUT2D eigenvalue weighted by Gasteiger charge is 2.23. The van der Waals surface area contributed by atoms with Crippen LogP contribution < -0.4 is 9.62 Å². The van der Waals surface area contributed by atoms with E-state index in [0.717, 1.165) is 6.42 Å². The summed E-state index contributed by atoms with van der Waals surface area (Å²) in [5, 5.41) is 7.87. The van der Waals surface area contributed by atoms with Crippen molar-refractivity contribution in [1.29, 1.82) is 0 Å². The third-order valence-corrected chi connectivity index (χ3v) is 6.63. The van der Waals surface area contributed by atoms with Gasteiger partial charge < -0.3 is 4.90 Å². The van der Waals surface area contributed by atoms with Crippen molar-refractivity contribution in [2.75, 3.05) is 22.4 Å². The van der Waals surface area contributed by atoms with Crippen LogP contribution in [0.1, 0.15) is 12.8 Å². The second kappa shape index (κ2) is 6.46. The van der Waals surface area contributed by atoms with E-state index >= 15 is 0 Å². The molecule has 1 aromatic carbocycles. The summed E-state index contributed by atoms with van der Waals surface area (Å²) in [6, 6.07) is 6.26. The molecule has 10 heteroatoms. The minimum absolute atomic E-state index is 0.0668. The Morgan fingerprint density at radius 3 is 2.57 bits per heavy atom. The van der Waals surface area contributed by atoms with Gasteiger partial charge in [-0.2, -0.15) is 0 Å². The van der Waals surface area contributed by atoms with E-state index in [1.807, 2.05) is 6.26 Å². The molecule has 2 heterocycles. The number of carbonyl (C=O) groups is 1. The lowest BCUT2D eigenvalue weighted by Gasteiger charge is -2.15. The van der Waals surface area contributed by atoms with Crippen LogP contribution in [0.4, 0.5) is 10.8 Å². The molecular weight excluding hydrogens is 356 g/mol. The van der Waals surface area contributed by atoms with Crippen LogP contribution in [0.15, 0.2) is 33.5 Å². The van der Waals surface area contributed by atoms with Crippen molar-refractivity contribution in [2.45, 2.75) is 22.1 Å². The van der Waals surface area contributed by atoms with Crippen LogP contribution in [0.2, 0.25) is 0 Å². The number of hydrogen-bond donors (Lipinski definition) is 1. The summed E-state index contributed by atoms with van der Waals surface area (Å²) in [6.07, 6.45) is 3.21. The number of anilines is 2. The molecule has 0 saturated carbocycles. The average Bonchev–Trinajstić information content (AvgIpc) is 3.16. The first-order chi connectivity index (χ1) is 11.0. The normalized spacial score (nSPS) is 15.2. The lowest BCUT2D eigenvalue weighted by atomic mass is 10.3. The van der Waals surface area contributed by atoms with Gasteiger partial charge in [0.05, 0.1) is 4.90 Å². The van der Waals surface area contributed by atoms with Crippen molar-refractivity contribution in [2.24, 2.45) is 0 Å². The molecule has 0 radical (unpaired) electrons. The van der Waals surface area contributed by atoms with Crippen molar-refractivity contribution in [3.63, 3.8) is 0 Å². The molecular formula is C13H14N4O3S3. The number of rotatable bonds is 5. The van der Waals surface area contributed by atoms with E-state index in [-0.39, 0.29) is 15.9 Å². The summed E-state index contributed by atoms with van der Waals surface area (Å²) in [5.74, 6) is 0.0668. The van der Waals surface area contributed by atoms with Gasteiger partial charge in [0.15, 0.2) is 4.34 Å². The van der Waals surface area contributed by atoms with Crippen LogP contribution in [0, 0.1) is 0 Å². The van der Waals surface area contributed by atoms with Crippen LogP contribution in [-0.4, -0.2) is 37.3 Å². The fourth-order valence-electron chi connectivity index (χ4n) is 2.23. The Labute approximate surface area is 142 Å². The van der Waals surface area contributed by atoms with E-state index < -0.39 is 10.0 Å². The summed E-state index contributed by atoms with van der Waals surface area (Å²) in [7, 11) is -3.72. The smallest absolute Gasteiger partial charge is 0.263 e. The maximum atomic E-state index is 12.3. The van der Waals surface area contributed by atoms with Crippen molar-refractivity contribution >= 4 is 49.8 Å². The lowest BCUT2D eigenvalue weighted by Crippen LogP contribution is -2.23. The predicted octanol–water partition coefficient (Wildman–Crippen LogP) is 2.19. The minimum Gasteiger partial charge on any atom is -0.312 e. The number of nitrogens with one attached hydrogen (secondary N) is 1. The Bertz CT molecular complexity index is 817. The average molecular weight is 370 g/mol. The molecule has 1 fully saturated rings. The van der Waals surface area contributed by atoms with Gasteiger partial charge in [-0.25, -0.2) is 8.42 Å². The van der Waals surface area contributed by atoms with Gasteiger partial charge in [-0.05, 0) is 36.9 Å². The number of aromatic nitrogens is 2. The van der Waals surface area contributed by atoms with E-state index in [1.54, 1.807) is 17.0 Å². The predicted molar refractivity (Wildman–Crippen MR) is 90.5 cm³/mol. The molecule has 1 amide bonds. The van der Waals surface area contributed by atoms with Gasteiger partial charge in [-0.3, -0.25) is 9.52 Å². The SMILES string of the molecule is CSc1nnc(NS(=O)(=O)c2ccc(N3CCCC3=O)cc2)s1. The maximum absolute atomic E-state index is 12.3. The van der Waals surface area contributed by atoms with Gasteiger partial charge in [-0.1, -0.05) is 23.1 Å². The van der Waals surface area contributed by atoms with Gasteiger partial charge in [0.25, 0.3) is 10.0 Å². The van der Waals surface area contributed by atoms with E-state index in [9.17, 15) is 13.2 Å². The molecule has 1 aliphatic heterocycles. The van der Waals surface area contributed by atoms with Crippen LogP contribution in [0.5, 0.6) is 0 Å². The molecule has 0 spiro atoms. The Morgan fingerprint density at radius 2 is 2.00 bits per heavy atom. The number of nitrogens with zero attached hydrogens (tertiary/aromatic N) is 3. The van der Waals surface area contributed by atoms with Gasteiger partial charge in [0.1, 0.15) is 0 Å². The summed E-state index contributed by atoms with van der Waals surface area (Å²) in [6.45, 7) is 0.672. The largest absolute Gasteiger partial charge is 0.312 e. The molecule has 1 aliphatic rings. The van der Waals surface area contributed by atoms with Gasteiger partial charge in [-0.15, -0.1) is 10.2 Å². The van der Waals surface area contributed by atoms with E-state index in [2.05, 4.69) is 14.9 Å². The highest BCUT2D eigenvalue weighted by molar-refractivity contribution is 8.00. The van der Waals surface area contributed by atoms with Gasteiger partial charge >= 0.3 is 0 Å². The van der Waals surface area contributed by atoms with Crippen LogP contribution >= 0.6 is 23.1 Å². The van der Waals surface area contributed by atoms with E-state index in [0.29, 0.717) is 23.0 Å². The molecule has 0 bridgehead atoms. The number of amides is 1. The summed E-state index contributed by atoms with van der Waals surface area (Å²) < 4.78 is 27.8. The number of benzene rings is 1. The molecule has 1 saturated heterocycles. The molecule has 3 rings (SSSR count). The van der Waals surface area contributed by atoms with Crippen molar-refractivity contribution < 1.29 is 13.2 Å². The van der Waals surface area contributed by atoms with Crippen molar-refractivity contribution in [3.8, 4) is 0 Å². The standard InChI is InChI=1S/C13H14N4O3S3/c1-21-13-15-14-12(22-13)16-23(19,20)10-6-4-9(5-7-10)17-8-2-3-11(17)18/h4-7H,2-3,8H2,1H3,(H,14,16). The van der Waals surface area contributed by atoms with Crippen LogP contribution in [-0.2, 0) is 14.8 Å². The first-order valence-corrected chi connectivity index (χ1v) is 10.3. The molecule has 7 nitrogen and oxygen atoms in total. The zero-order valence-corrected chi connectivity index (χ0v) is 14.7. The van der Waals surface area contributed by atoms with Crippen LogP contribution in [0.25, 0.3) is 0 Å². The summed E-state index contributed by atoms with van der Waals surface area (Å²) in [4.78, 5) is 13.5. The van der Waals surface area contributed by atoms with Gasteiger partial charge in [0, 0.05) is 18.7 Å². The Kier molecular flexibility index (Phi) is 4.55. The molecule has 0 unspecified atom stereocenters. The monoisotopic (exact) mass is 370 g/mol. The Morgan fingerprint density at radius 1 is 1.26 bits per heavy atom. The summed E-state index contributed by atoms with van der Waals surface area (Å²) >= 11 is 2.58. The molecule has 1 aromatic heterocycles. The number of sulfonamides is 1. The highest BCUT2D eigenvalue weighted by Crippen LogP contribution is 2.27. The molecule has 0 aliphatic carbocycles. The number of thioether (sulfide) groups is 1. The second-order valence-electron chi connectivity index (χ2n) is 4.83. The number of carbonyl (C=O) groups excluding carboxylic acids is 1. The third kappa shape index (κ3) is 3.48. The third-order valence-electron chi connectivity index (χ3n) is 3.33. The zero-order chi connectivity index (χ0) is 16.4. The van der Waals surface area contributed by atoms with Gasteiger partial charge in [0.2, 0.25) is 11.0 Å². The number of hydrogen-bond acceptors (Lipinski definition) is 7. The second-order valence-corrected chi connectivity index (χ2v) is 8.54. The van der Waals surface area contributed by atoms with Crippen molar-refractivity contribution in [1.82, 2.24) is 10.2 Å². The van der Waals surface area contributed by atoms with Crippen molar-refractivity contribution in [3.05, 3.63) is 24.3 Å². The first kappa shape index (κ1) is 16.2. The van der Waals surface area contributed by atoms with E-state index in [1.165, 1.54) is 35.2 Å². The summed E-state index contributed by atoms with van der Waals surface area (Å²) in [5.41, 5.74) is 0.715. The molecule has 0 atom stereocenters. The maximum Gasteiger partial charge on any atom is 0.263 e. The highest BCUT2D eigenvalue weighted by atomic mass is 32.2. The quantitative estimate of drug-likeness (QED) is 0.811. The Hall–Kier alpha value is -1.65. The molecule has 1 N–H and O–H groups in total. The zero-order valence-electron chi connectivity index (χ0n) is 12.2. The minimum atomic E-state index is -3.72. The molecule has 23 heavy (non-hydrogen) atoms. The molecule has 122 valence electrons. The fourth-order valence-corrected chi connectivity index (χ4v) is 4.63. The fraction of sp³-hybridized carbons (Fsp3) is 0.308. The lowest BCUT2D eigenvalue weighted by molar-refractivity contribution is -0.117. The first-order valence-electron chi connectivity index (χ1n) is 6.80. The molecule has 2 aromatic rings.